The number of carbonyl (C=O) groups is 1. The van der Waals surface area contributed by atoms with Crippen LogP contribution in [0.1, 0.15) is 25.6 Å². The van der Waals surface area contributed by atoms with E-state index in [-0.39, 0.29) is 5.91 Å². The quantitative estimate of drug-likeness (QED) is 0.897. The third kappa shape index (κ3) is 3.69. The summed E-state index contributed by atoms with van der Waals surface area (Å²) in [6.07, 6.45) is 0. The summed E-state index contributed by atoms with van der Waals surface area (Å²) in [6.45, 7) is 7.36. The zero-order valence-electron chi connectivity index (χ0n) is 10.5. The van der Waals surface area contributed by atoms with Gasteiger partial charge in [0, 0.05) is 18.0 Å². The number of nitrogens with zero attached hydrogens (tertiary/aromatic N) is 1. The lowest BCUT2D eigenvalue weighted by Crippen LogP contribution is -2.44. The highest BCUT2D eigenvalue weighted by Gasteiger charge is 2.30. The highest BCUT2D eigenvalue weighted by Crippen LogP contribution is 2.24. The number of carbonyl (C=O) groups excluding carboxylic acids is 1. The molecule has 17 heavy (non-hydrogen) atoms. The Balaban J connectivity index is 2.75. The van der Waals surface area contributed by atoms with Crippen LogP contribution in [0.5, 0.6) is 0 Å². The molecule has 0 saturated carbocycles. The van der Waals surface area contributed by atoms with Crippen LogP contribution in [0, 0.1) is 5.41 Å². The molecule has 1 aromatic heterocycles. The van der Waals surface area contributed by atoms with Gasteiger partial charge in [-0.1, -0.05) is 11.6 Å². The molecular formula is C12H19ClN2OS. The van der Waals surface area contributed by atoms with E-state index in [9.17, 15) is 4.79 Å². The molecule has 1 amide bonds. The third-order valence-corrected chi connectivity index (χ3v) is 3.95. The van der Waals surface area contributed by atoms with Gasteiger partial charge in [-0.05, 0) is 32.9 Å². The molecule has 0 aromatic carbocycles. The van der Waals surface area contributed by atoms with E-state index < -0.39 is 5.41 Å². The second-order valence-corrected chi connectivity index (χ2v) is 6.41. The van der Waals surface area contributed by atoms with Crippen molar-refractivity contribution >= 4 is 28.8 Å². The fourth-order valence-electron chi connectivity index (χ4n) is 1.47. The van der Waals surface area contributed by atoms with Gasteiger partial charge in [0.1, 0.15) is 0 Å². The Morgan fingerprint density at radius 2 is 2.18 bits per heavy atom. The zero-order valence-corrected chi connectivity index (χ0v) is 12.1. The molecule has 0 unspecified atom stereocenters. The molecule has 0 aliphatic heterocycles. The van der Waals surface area contributed by atoms with E-state index in [2.05, 4.69) is 0 Å². The smallest absolute Gasteiger partial charge is 0.229 e. The first kappa shape index (κ1) is 14.5. The summed E-state index contributed by atoms with van der Waals surface area (Å²) in [5, 5.41) is 0. The Labute approximate surface area is 112 Å². The van der Waals surface area contributed by atoms with Crippen LogP contribution in [0.2, 0.25) is 4.34 Å². The second kappa shape index (κ2) is 5.85. The Kier molecular flexibility index (Phi) is 4.98. The van der Waals surface area contributed by atoms with Gasteiger partial charge in [0.05, 0.1) is 16.3 Å². The first-order valence-electron chi connectivity index (χ1n) is 5.64. The summed E-state index contributed by atoms with van der Waals surface area (Å²) in [4.78, 5) is 15.2. The normalized spacial score (nSPS) is 11.6. The minimum absolute atomic E-state index is 0.0898. The van der Waals surface area contributed by atoms with Crippen molar-refractivity contribution in [3.8, 4) is 0 Å². The van der Waals surface area contributed by atoms with Gasteiger partial charge in [-0.25, -0.2) is 0 Å². The molecule has 0 aliphatic carbocycles. The van der Waals surface area contributed by atoms with Gasteiger partial charge in [-0.2, -0.15) is 0 Å². The van der Waals surface area contributed by atoms with Crippen LogP contribution < -0.4 is 5.73 Å². The van der Waals surface area contributed by atoms with Crippen LogP contribution in [-0.4, -0.2) is 23.9 Å². The summed E-state index contributed by atoms with van der Waals surface area (Å²) in [7, 11) is 0. The fraction of sp³-hybridized carbons (Fsp3) is 0.583. The monoisotopic (exact) mass is 274 g/mol. The van der Waals surface area contributed by atoms with E-state index >= 15 is 0 Å². The Morgan fingerprint density at radius 1 is 1.53 bits per heavy atom. The lowest BCUT2D eigenvalue weighted by Gasteiger charge is -2.30. The Hall–Kier alpha value is -0.580. The van der Waals surface area contributed by atoms with Crippen molar-refractivity contribution in [3.63, 3.8) is 0 Å². The molecule has 1 aromatic rings. The number of nitrogens with two attached hydrogens (primary N) is 1. The molecule has 0 fully saturated rings. The SMILES string of the molecule is CCN(Cc1ccc(Cl)s1)C(=O)C(C)(C)CN. The van der Waals surface area contributed by atoms with Crippen LogP contribution in [0.25, 0.3) is 0 Å². The molecule has 96 valence electrons. The molecule has 0 spiro atoms. The predicted octanol–water partition coefficient (Wildman–Crippen LogP) is 2.73. The van der Waals surface area contributed by atoms with Crippen LogP contribution in [0.4, 0.5) is 0 Å². The number of hydrogen-bond acceptors (Lipinski definition) is 3. The van der Waals surface area contributed by atoms with Crippen molar-refractivity contribution in [2.24, 2.45) is 11.1 Å². The van der Waals surface area contributed by atoms with Crippen LogP contribution >= 0.6 is 22.9 Å². The number of amides is 1. The van der Waals surface area contributed by atoms with Gasteiger partial charge in [-0.3, -0.25) is 4.79 Å². The standard InChI is InChI=1S/C12H19ClN2OS/c1-4-15(11(16)12(2,3)8-14)7-9-5-6-10(13)17-9/h5-6H,4,7-8,14H2,1-3H3. The lowest BCUT2D eigenvalue weighted by atomic mass is 9.92. The molecular weight excluding hydrogens is 256 g/mol. The maximum atomic E-state index is 12.3. The molecule has 2 N–H and O–H groups in total. The fourth-order valence-corrected chi connectivity index (χ4v) is 2.57. The molecule has 0 radical (unpaired) electrons. The summed E-state index contributed by atoms with van der Waals surface area (Å²) in [6, 6.07) is 3.81. The molecule has 0 atom stereocenters. The Morgan fingerprint density at radius 3 is 2.59 bits per heavy atom. The number of halogens is 1. The van der Waals surface area contributed by atoms with Crippen LogP contribution in [-0.2, 0) is 11.3 Å². The first-order chi connectivity index (χ1) is 7.90. The molecule has 1 rings (SSSR count). The van der Waals surface area contributed by atoms with E-state index in [1.165, 1.54) is 11.3 Å². The molecule has 5 heteroatoms. The van der Waals surface area contributed by atoms with E-state index in [1.54, 1.807) is 0 Å². The number of rotatable bonds is 5. The minimum atomic E-state index is -0.503. The topological polar surface area (TPSA) is 46.3 Å². The third-order valence-electron chi connectivity index (χ3n) is 2.73. The van der Waals surface area contributed by atoms with Crippen molar-refractivity contribution in [3.05, 3.63) is 21.3 Å². The number of hydrogen-bond donors (Lipinski definition) is 1. The van der Waals surface area contributed by atoms with Gasteiger partial charge in [0.15, 0.2) is 0 Å². The molecule has 0 aliphatic rings. The highest BCUT2D eigenvalue weighted by atomic mass is 35.5. The summed E-state index contributed by atoms with van der Waals surface area (Å²) < 4.78 is 0.751. The largest absolute Gasteiger partial charge is 0.337 e. The van der Waals surface area contributed by atoms with E-state index in [0.717, 1.165) is 9.21 Å². The number of thiophene rings is 1. The first-order valence-corrected chi connectivity index (χ1v) is 6.84. The highest BCUT2D eigenvalue weighted by molar-refractivity contribution is 7.16. The summed E-state index contributed by atoms with van der Waals surface area (Å²) in [5.74, 6) is 0.0898. The summed E-state index contributed by atoms with van der Waals surface area (Å²) >= 11 is 7.39. The van der Waals surface area contributed by atoms with Crippen molar-refractivity contribution in [2.45, 2.75) is 27.3 Å². The van der Waals surface area contributed by atoms with Crippen molar-refractivity contribution < 1.29 is 4.79 Å². The van der Waals surface area contributed by atoms with Gasteiger partial charge < -0.3 is 10.6 Å². The molecule has 1 heterocycles. The molecule has 0 saturated heterocycles. The van der Waals surface area contributed by atoms with Gasteiger partial charge in [0.2, 0.25) is 5.91 Å². The van der Waals surface area contributed by atoms with E-state index in [1.807, 2.05) is 37.8 Å². The maximum absolute atomic E-state index is 12.3. The van der Waals surface area contributed by atoms with Crippen molar-refractivity contribution in [2.75, 3.05) is 13.1 Å². The average molecular weight is 275 g/mol. The summed E-state index contributed by atoms with van der Waals surface area (Å²) in [5.41, 5.74) is 5.13. The van der Waals surface area contributed by atoms with Gasteiger partial charge in [0.25, 0.3) is 0 Å². The van der Waals surface area contributed by atoms with E-state index in [0.29, 0.717) is 19.6 Å². The minimum Gasteiger partial charge on any atom is -0.337 e. The maximum Gasteiger partial charge on any atom is 0.229 e. The van der Waals surface area contributed by atoms with Crippen molar-refractivity contribution in [1.82, 2.24) is 4.90 Å². The van der Waals surface area contributed by atoms with Gasteiger partial charge >= 0.3 is 0 Å². The van der Waals surface area contributed by atoms with Gasteiger partial charge in [-0.15, -0.1) is 11.3 Å². The average Bonchev–Trinajstić information content (AvgIpc) is 2.70. The predicted molar refractivity (Wildman–Crippen MR) is 73.3 cm³/mol. The molecule has 0 bridgehead atoms. The van der Waals surface area contributed by atoms with Crippen molar-refractivity contribution in [1.29, 1.82) is 0 Å². The lowest BCUT2D eigenvalue weighted by molar-refractivity contribution is -0.140. The second-order valence-electron chi connectivity index (χ2n) is 4.61. The van der Waals surface area contributed by atoms with Crippen LogP contribution in [0.15, 0.2) is 12.1 Å². The molecule has 3 nitrogen and oxygen atoms in total. The van der Waals surface area contributed by atoms with Crippen LogP contribution in [0.3, 0.4) is 0 Å². The Bertz CT molecular complexity index is 390. The van der Waals surface area contributed by atoms with E-state index in [4.69, 9.17) is 17.3 Å². The zero-order chi connectivity index (χ0) is 13.1.